The molecule has 114 valence electrons. The number of aliphatic carboxylic acids is 1. The van der Waals surface area contributed by atoms with Crippen molar-refractivity contribution in [2.75, 3.05) is 13.1 Å². The Morgan fingerprint density at radius 1 is 1.15 bits per heavy atom. The number of nitrogens with one attached hydrogen (secondary N) is 1. The number of rotatable bonds is 2. The molecule has 2 rings (SSSR count). The summed E-state index contributed by atoms with van der Waals surface area (Å²) >= 11 is 0. The zero-order chi connectivity index (χ0) is 15.0. The summed E-state index contributed by atoms with van der Waals surface area (Å²) in [5.41, 5.74) is -0.509. The number of carbonyl (C=O) groups excluding carboxylic acids is 1. The molecule has 5 nitrogen and oxygen atoms in total. The van der Waals surface area contributed by atoms with Gasteiger partial charge in [-0.15, -0.1) is 0 Å². The molecule has 2 N–H and O–H groups in total. The lowest BCUT2D eigenvalue weighted by Crippen LogP contribution is -2.52. The molecular formula is C15H26N2O3. The molecule has 1 aliphatic carbocycles. The minimum Gasteiger partial charge on any atom is -0.481 e. The first-order valence-corrected chi connectivity index (χ1v) is 7.53. The van der Waals surface area contributed by atoms with Crippen molar-refractivity contribution in [3.8, 4) is 0 Å². The van der Waals surface area contributed by atoms with Gasteiger partial charge >= 0.3 is 12.0 Å². The molecule has 1 atom stereocenters. The van der Waals surface area contributed by atoms with Crippen LogP contribution in [-0.2, 0) is 4.79 Å². The summed E-state index contributed by atoms with van der Waals surface area (Å²) in [6.07, 6.45) is 4.41. The van der Waals surface area contributed by atoms with Crippen LogP contribution in [0, 0.1) is 10.8 Å². The minimum atomic E-state index is -0.755. The van der Waals surface area contributed by atoms with Crippen molar-refractivity contribution >= 4 is 12.0 Å². The van der Waals surface area contributed by atoms with Crippen molar-refractivity contribution in [1.82, 2.24) is 10.2 Å². The fraction of sp³-hybridized carbons (Fsp3) is 0.867. The van der Waals surface area contributed by atoms with Crippen LogP contribution in [0.5, 0.6) is 0 Å². The fourth-order valence-corrected chi connectivity index (χ4v) is 3.25. The monoisotopic (exact) mass is 282 g/mol. The smallest absolute Gasteiger partial charge is 0.317 e. The molecule has 0 bridgehead atoms. The first-order chi connectivity index (χ1) is 9.24. The lowest BCUT2D eigenvalue weighted by molar-refractivity contribution is -0.150. The number of carboxylic acids is 1. The Hall–Kier alpha value is -1.26. The van der Waals surface area contributed by atoms with E-state index < -0.39 is 11.4 Å². The predicted molar refractivity (Wildman–Crippen MR) is 76.5 cm³/mol. The largest absolute Gasteiger partial charge is 0.481 e. The number of carboxylic acid groups (broad SMARTS) is 1. The van der Waals surface area contributed by atoms with Gasteiger partial charge < -0.3 is 15.3 Å². The number of hydrogen-bond donors (Lipinski definition) is 2. The molecule has 1 saturated heterocycles. The quantitative estimate of drug-likeness (QED) is 0.817. The summed E-state index contributed by atoms with van der Waals surface area (Å²) in [5.74, 6) is -0.755. The summed E-state index contributed by atoms with van der Waals surface area (Å²) in [6.45, 7) is 7.22. The number of carbonyl (C=O) groups is 2. The SMILES string of the molecule is CC1(C(=O)O)CCN(C(=O)NC2CCCC2(C)C)CC1. The molecule has 5 heteroatoms. The highest BCUT2D eigenvalue weighted by Gasteiger charge is 2.40. The van der Waals surface area contributed by atoms with Crippen LogP contribution in [0.1, 0.15) is 52.9 Å². The van der Waals surface area contributed by atoms with Gasteiger partial charge in [-0.05, 0) is 38.0 Å². The van der Waals surface area contributed by atoms with E-state index in [0.29, 0.717) is 25.9 Å². The number of urea groups is 1. The average molecular weight is 282 g/mol. The third kappa shape index (κ3) is 2.91. The van der Waals surface area contributed by atoms with E-state index in [9.17, 15) is 14.7 Å². The van der Waals surface area contributed by atoms with Gasteiger partial charge in [0.15, 0.2) is 0 Å². The van der Waals surface area contributed by atoms with Crippen molar-refractivity contribution in [2.45, 2.75) is 58.9 Å². The maximum Gasteiger partial charge on any atom is 0.317 e. The molecule has 1 aliphatic heterocycles. The predicted octanol–water partition coefficient (Wildman–Crippen LogP) is 2.46. The zero-order valence-electron chi connectivity index (χ0n) is 12.7. The van der Waals surface area contributed by atoms with E-state index in [2.05, 4.69) is 19.2 Å². The Morgan fingerprint density at radius 3 is 2.20 bits per heavy atom. The van der Waals surface area contributed by atoms with Gasteiger partial charge in [-0.2, -0.15) is 0 Å². The van der Waals surface area contributed by atoms with Gasteiger partial charge in [0.1, 0.15) is 0 Å². The number of hydrogen-bond acceptors (Lipinski definition) is 2. The second-order valence-electron chi connectivity index (χ2n) is 7.24. The molecular weight excluding hydrogens is 256 g/mol. The number of amides is 2. The summed E-state index contributed by atoms with van der Waals surface area (Å²) in [6, 6.07) is 0.209. The Balaban J connectivity index is 1.88. The maximum absolute atomic E-state index is 12.3. The molecule has 1 unspecified atom stereocenters. The van der Waals surface area contributed by atoms with Crippen molar-refractivity contribution < 1.29 is 14.7 Å². The zero-order valence-corrected chi connectivity index (χ0v) is 12.7. The van der Waals surface area contributed by atoms with Gasteiger partial charge in [-0.3, -0.25) is 4.79 Å². The number of nitrogens with zero attached hydrogens (tertiary/aromatic N) is 1. The molecule has 0 spiro atoms. The summed E-state index contributed by atoms with van der Waals surface area (Å²) < 4.78 is 0. The second-order valence-corrected chi connectivity index (χ2v) is 7.24. The summed E-state index contributed by atoms with van der Waals surface area (Å²) in [4.78, 5) is 25.3. The van der Waals surface area contributed by atoms with E-state index in [1.807, 2.05) is 0 Å². The first-order valence-electron chi connectivity index (χ1n) is 7.53. The van der Waals surface area contributed by atoms with Crippen LogP contribution < -0.4 is 5.32 Å². The van der Waals surface area contributed by atoms with Gasteiger partial charge in [-0.25, -0.2) is 4.79 Å². The van der Waals surface area contributed by atoms with Crippen LogP contribution in [0.4, 0.5) is 4.79 Å². The van der Waals surface area contributed by atoms with E-state index >= 15 is 0 Å². The fourth-order valence-electron chi connectivity index (χ4n) is 3.25. The van der Waals surface area contributed by atoms with Crippen molar-refractivity contribution in [1.29, 1.82) is 0 Å². The normalized spacial score (nSPS) is 28.1. The average Bonchev–Trinajstić information content (AvgIpc) is 2.69. The number of likely N-dealkylation sites (tertiary alicyclic amines) is 1. The van der Waals surface area contributed by atoms with Crippen LogP contribution in [-0.4, -0.2) is 41.1 Å². The lowest BCUT2D eigenvalue weighted by Gasteiger charge is -2.38. The third-order valence-corrected chi connectivity index (χ3v) is 5.23. The Bertz CT molecular complexity index is 398. The van der Waals surface area contributed by atoms with Gasteiger partial charge in [0.25, 0.3) is 0 Å². The summed E-state index contributed by atoms with van der Waals surface area (Å²) in [7, 11) is 0. The molecule has 0 aromatic carbocycles. The molecule has 20 heavy (non-hydrogen) atoms. The van der Waals surface area contributed by atoms with Crippen LogP contribution >= 0.6 is 0 Å². The van der Waals surface area contributed by atoms with Crippen molar-refractivity contribution in [2.24, 2.45) is 10.8 Å². The van der Waals surface area contributed by atoms with Crippen molar-refractivity contribution in [3.63, 3.8) is 0 Å². The molecule has 2 fully saturated rings. The summed E-state index contributed by atoms with van der Waals surface area (Å²) in [5, 5.41) is 12.3. The van der Waals surface area contributed by atoms with Crippen LogP contribution in [0.2, 0.25) is 0 Å². The standard InChI is InChI=1S/C15H26N2O3/c1-14(2)6-4-5-11(14)16-13(20)17-9-7-15(3,8-10-17)12(18)19/h11H,4-10H2,1-3H3,(H,16,20)(H,18,19). The van der Waals surface area contributed by atoms with E-state index in [1.165, 1.54) is 0 Å². The van der Waals surface area contributed by atoms with Gasteiger partial charge in [-0.1, -0.05) is 20.3 Å². The lowest BCUT2D eigenvalue weighted by atomic mass is 9.80. The van der Waals surface area contributed by atoms with Crippen molar-refractivity contribution in [3.05, 3.63) is 0 Å². The van der Waals surface area contributed by atoms with Gasteiger partial charge in [0.2, 0.25) is 0 Å². The molecule has 0 radical (unpaired) electrons. The van der Waals surface area contributed by atoms with Crippen LogP contribution in [0.25, 0.3) is 0 Å². The third-order valence-electron chi connectivity index (χ3n) is 5.23. The molecule has 1 saturated carbocycles. The minimum absolute atomic E-state index is 0.0302. The van der Waals surface area contributed by atoms with E-state index in [1.54, 1.807) is 11.8 Å². The van der Waals surface area contributed by atoms with Gasteiger partial charge in [0, 0.05) is 19.1 Å². The first kappa shape index (κ1) is 15.1. The Kier molecular flexibility index (Phi) is 3.98. The highest BCUT2D eigenvalue weighted by atomic mass is 16.4. The molecule has 2 amide bonds. The molecule has 0 aromatic heterocycles. The second kappa shape index (κ2) is 5.26. The Morgan fingerprint density at radius 2 is 1.75 bits per heavy atom. The molecule has 1 heterocycles. The Labute approximate surface area is 120 Å². The number of piperidine rings is 1. The molecule has 2 aliphatic rings. The van der Waals surface area contributed by atoms with Crippen LogP contribution in [0.3, 0.4) is 0 Å². The molecule has 0 aromatic rings. The van der Waals surface area contributed by atoms with E-state index in [0.717, 1.165) is 19.3 Å². The highest BCUT2D eigenvalue weighted by molar-refractivity contribution is 5.77. The van der Waals surface area contributed by atoms with Gasteiger partial charge in [0.05, 0.1) is 5.41 Å². The van der Waals surface area contributed by atoms with E-state index in [-0.39, 0.29) is 17.5 Å². The van der Waals surface area contributed by atoms with Crippen LogP contribution in [0.15, 0.2) is 0 Å². The topological polar surface area (TPSA) is 69.6 Å². The van der Waals surface area contributed by atoms with E-state index in [4.69, 9.17) is 0 Å². The highest BCUT2D eigenvalue weighted by Crippen LogP contribution is 2.37. The maximum atomic E-state index is 12.3.